The number of aliphatic hydroxyl groups excluding tert-OH is 23. The van der Waals surface area contributed by atoms with E-state index in [9.17, 15) is 156 Å². The molecular formula is C82H141N5O45. The average Bonchev–Trinajstić information content (AvgIpc) is 0.784. The highest BCUT2D eigenvalue weighted by Crippen LogP contribution is 2.35. The average molecular weight is 1920 g/mol. The van der Waals surface area contributed by atoms with Crippen LogP contribution in [0.3, 0.4) is 0 Å². The molecule has 0 aliphatic carbocycles. The number of unbranched alkanes of at least 4 members (excludes halogenated alkanes) is 6. The molecule has 0 bridgehead atoms. The standard InChI is InChI=1S/C82H141N5O45/c1-3-41(92)15-7-4-10-22-83-52(97)31-87(32-53(98)84-23-11-5-8-16-42(93)19-14-27-120-79-71(116)73(131-81-69(114)64(109)57(102)47(35-90)127-81)59(104)49(129-79)37-122-77-67(112)62(107)55(100)45(33-88)125-77)30-44(95)29-40(75(118)86-24-12-6-9-17-43(94)18-13-26-119-76-66(111)61(106)54(99)39(2)124-76)20-21-51(96)85-25-28-121-80-72(117)74(132-82-70(115)65(110)58(103)48(36-91)128-82)60(105)50(130-80)38-123-78-68(113)63(108)56(101)46(34-89)126-78/h39-40,45-50,54-74,76-82,88-91,99-117H,3-38H2,1-2H3,(H,83,97)(H,84,98)(H,85,96)(H,86,118)/t39-,40+,45+,46+,47+,48+,49+,50+,54+,55+,56+,57+,58+,59+,60+,61+,62-,63-,64-,65-,66-,67-,68-,69-,70-,71-,72-,73-,74-,76+,77-,78-,79-,80-,81+,82+/m0/s1. The first-order valence-corrected chi connectivity index (χ1v) is 45.1. The van der Waals surface area contributed by atoms with Gasteiger partial charge in [-0.05, 0) is 64.7 Å². The van der Waals surface area contributed by atoms with E-state index in [4.69, 9.17) is 66.3 Å². The number of nitrogens with zero attached hydrogens (tertiary/aromatic N) is 1. The number of ketones is 4. The van der Waals surface area contributed by atoms with Crippen molar-refractivity contribution in [3.8, 4) is 0 Å². The lowest BCUT2D eigenvalue weighted by Gasteiger charge is -2.46. The zero-order valence-corrected chi connectivity index (χ0v) is 74.0. The van der Waals surface area contributed by atoms with Gasteiger partial charge in [-0.3, -0.25) is 43.3 Å². The molecule has 132 heavy (non-hydrogen) atoms. The number of amides is 4. The van der Waals surface area contributed by atoms with E-state index in [2.05, 4.69) is 21.3 Å². The molecule has 7 heterocycles. The molecule has 7 aliphatic rings. The summed E-state index contributed by atoms with van der Waals surface area (Å²) in [5.74, 6) is -4.68. The van der Waals surface area contributed by atoms with E-state index in [1.54, 1.807) is 6.92 Å². The van der Waals surface area contributed by atoms with E-state index in [1.165, 1.54) is 11.8 Å². The molecule has 0 radical (unpaired) electrons. The second-order valence-electron chi connectivity index (χ2n) is 34.1. The van der Waals surface area contributed by atoms with E-state index in [-0.39, 0.29) is 102 Å². The molecule has 0 aromatic carbocycles. The molecule has 50 nitrogen and oxygen atoms in total. The third-order valence-corrected chi connectivity index (χ3v) is 23.8. The number of nitrogens with one attached hydrogen (secondary N) is 4. The minimum atomic E-state index is -2.04. The maximum atomic E-state index is 14.3. The Hall–Kier alpha value is -4.96. The lowest BCUT2D eigenvalue weighted by Crippen LogP contribution is -2.65. The molecule has 764 valence electrons. The molecule has 7 rings (SSSR count). The van der Waals surface area contributed by atoms with Crippen LogP contribution >= 0.6 is 0 Å². The van der Waals surface area contributed by atoms with Gasteiger partial charge in [-0.1, -0.05) is 26.2 Å². The number of aliphatic hydroxyl groups is 23. The summed E-state index contributed by atoms with van der Waals surface area (Å²) in [7, 11) is 0. The number of rotatable bonds is 59. The second kappa shape index (κ2) is 58.2. The van der Waals surface area contributed by atoms with Crippen LogP contribution in [0.25, 0.3) is 0 Å². The first-order chi connectivity index (χ1) is 62.9. The monoisotopic (exact) mass is 1920 g/mol. The summed E-state index contributed by atoms with van der Waals surface area (Å²) in [6.07, 6.45) is -56.2. The van der Waals surface area contributed by atoms with Crippen LogP contribution in [0, 0.1) is 5.92 Å². The minimum Gasteiger partial charge on any atom is -0.394 e. The summed E-state index contributed by atoms with van der Waals surface area (Å²) in [5.41, 5.74) is 0. The predicted molar refractivity (Wildman–Crippen MR) is 438 cm³/mol. The largest absolute Gasteiger partial charge is 0.394 e. The van der Waals surface area contributed by atoms with Gasteiger partial charge in [0.05, 0.1) is 85.2 Å². The lowest BCUT2D eigenvalue weighted by atomic mass is 9.95. The molecule has 4 amide bonds. The third-order valence-electron chi connectivity index (χ3n) is 23.8. The second-order valence-corrected chi connectivity index (χ2v) is 34.1. The van der Waals surface area contributed by atoms with Gasteiger partial charge in [0, 0.05) is 83.5 Å². The fraction of sp³-hybridized carbons (Fsp3) is 0.902. The van der Waals surface area contributed by atoms with Crippen molar-refractivity contribution < 1.29 is 222 Å². The van der Waals surface area contributed by atoms with Crippen LogP contribution in [0.15, 0.2) is 0 Å². The van der Waals surface area contributed by atoms with Crippen molar-refractivity contribution in [3.63, 3.8) is 0 Å². The van der Waals surface area contributed by atoms with Gasteiger partial charge in [0.25, 0.3) is 0 Å². The number of hydrogen-bond acceptors (Lipinski definition) is 46. The normalized spacial score (nSPS) is 36.5. The zero-order chi connectivity index (χ0) is 97.2. The summed E-state index contributed by atoms with van der Waals surface area (Å²) in [6, 6.07) is 0. The van der Waals surface area contributed by atoms with Gasteiger partial charge in [0.2, 0.25) is 23.6 Å². The molecule has 0 saturated carbocycles. The molecule has 0 aromatic rings. The fourth-order valence-corrected chi connectivity index (χ4v) is 15.7. The van der Waals surface area contributed by atoms with Gasteiger partial charge >= 0.3 is 0 Å². The van der Waals surface area contributed by atoms with Crippen LogP contribution in [-0.2, 0) is 105 Å². The lowest BCUT2D eigenvalue weighted by molar-refractivity contribution is -0.366. The smallest absolute Gasteiger partial charge is 0.234 e. The quantitative estimate of drug-likeness (QED) is 0.0251. The third kappa shape index (κ3) is 34.5. The Bertz CT molecular complexity index is 3400. The predicted octanol–water partition coefficient (Wildman–Crippen LogP) is -12.8. The topological polar surface area (TPSA) is 782 Å². The molecule has 7 aliphatic heterocycles. The van der Waals surface area contributed by atoms with Crippen molar-refractivity contribution in [3.05, 3.63) is 0 Å². The SMILES string of the molecule is CCC(=O)CCCCCNC(=O)CN(CC(=O)C[C@@H](CCC(=O)NCCO[C@H]1O[C@H](CO[C@H]2O[C@H](CO)[C@@H](O)[C@H](O)[C@@H]2O)[C@@H](O)[C@H](O[C@H]2O[C@H](CO)[C@@H](O)[C@H](O)[C@@H]2O)[C@@H]1O)C(=O)NCCCCCC(=O)CCCO[C@@H]1O[C@@H](C)[C@@H](O)[C@@H](O)[C@@H]1O)CC(=O)NCCCCCC(=O)CCCO[C@H]1O[C@H](CO[C@H]2O[C@H](CO)[C@@H](O)[C@H](O)[C@@H]2O)[C@@H](O)[C@H](O[C@H]2O[C@H](CO)[C@@H](O)[C@H](O)[C@@H]2O)[C@@H]1O. The van der Waals surface area contributed by atoms with Crippen molar-refractivity contribution in [2.24, 2.45) is 5.92 Å². The Morgan fingerprint density at radius 1 is 0.303 bits per heavy atom. The Morgan fingerprint density at radius 3 is 1.04 bits per heavy atom. The van der Waals surface area contributed by atoms with E-state index >= 15 is 0 Å². The molecule has 7 saturated heterocycles. The van der Waals surface area contributed by atoms with Gasteiger partial charge in [-0.2, -0.15) is 0 Å². The van der Waals surface area contributed by atoms with Gasteiger partial charge in [0.15, 0.2) is 44.0 Å². The zero-order valence-electron chi connectivity index (χ0n) is 74.0. The maximum Gasteiger partial charge on any atom is 0.234 e. The van der Waals surface area contributed by atoms with Gasteiger partial charge in [-0.25, -0.2) is 0 Å². The summed E-state index contributed by atoms with van der Waals surface area (Å²) < 4.78 is 78.6. The van der Waals surface area contributed by atoms with Crippen LogP contribution < -0.4 is 21.3 Å². The van der Waals surface area contributed by atoms with Crippen molar-refractivity contribution in [2.75, 3.05) is 105 Å². The summed E-state index contributed by atoms with van der Waals surface area (Å²) in [6.45, 7) is -3.97. The summed E-state index contributed by atoms with van der Waals surface area (Å²) in [5, 5.41) is 252. The van der Waals surface area contributed by atoms with Crippen LogP contribution in [-0.4, -0.2) is 489 Å². The molecule has 27 N–H and O–H groups in total. The minimum absolute atomic E-state index is 0.00151. The van der Waals surface area contributed by atoms with Crippen molar-refractivity contribution in [1.29, 1.82) is 0 Å². The highest BCUT2D eigenvalue weighted by Gasteiger charge is 2.56. The van der Waals surface area contributed by atoms with Crippen LogP contribution in [0.4, 0.5) is 0 Å². The van der Waals surface area contributed by atoms with Crippen LogP contribution in [0.1, 0.15) is 142 Å². The molecule has 7 fully saturated rings. The molecular weight excluding hydrogens is 1770 g/mol. The number of ether oxygens (including phenoxy) is 14. The molecule has 0 unspecified atom stereocenters. The van der Waals surface area contributed by atoms with Gasteiger partial charge < -0.3 is 205 Å². The van der Waals surface area contributed by atoms with E-state index < -0.39 is 329 Å². The van der Waals surface area contributed by atoms with Gasteiger partial charge in [-0.15, -0.1) is 0 Å². The first kappa shape index (κ1) is 114. The summed E-state index contributed by atoms with van der Waals surface area (Å²) in [4.78, 5) is 109. The number of carbonyl (C=O) groups is 8. The Kier molecular flexibility index (Phi) is 50.3. The highest BCUT2D eigenvalue weighted by molar-refractivity contribution is 5.89. The Labute approximate surface area is 760 Å². The fourth-order valence-electron chi connectivity index (χ4n) is 15.7. The number of Topliss-reactive ketones (excluding diaryl/α,β-unsaturated/α-hetero) is 4. The first-order valence-electron chi connectivity index (χ1n) is 45.1. The maximum absolute atomic E-state index is 14.3. The highest BCUT2D eigenvalue weighted by atomic mass is 16.8. The molecule has 36 atom stereocenters. The van der Waals surface area contributed by atoms with Crippen molar-refractivity contribution >= 4 is 46.8 Å². The van der Waals surface area contributed by atoms with E-state index in [0.29, 0.717) is 70.6 Å². The Morgan fingerprint density at radius 2 is 0.636 bits per heavy atom. The van der Waals surface area contributed by atoms with Gasteiger partial charge in [0.1, 0.15) is 188 Å². The molecule has 50 heteroatoms. The van der Waals surface area contributed by atoms with Crippen molar-refractivity contribution in [2.45, 2.75) is 357 Å². The van der Waals surface area contributed by atoms with E-state index in [1.807, 2.05) is 0 Å². The molecule has 0 spiro atoms. The Balaban J connectivity index is 0.938. The number of hydrogen-bond donors (Lipinski definition) is 27. The molecule has 0 aromatic heterocycles. The number of carbonyl (C=O) groups excluding carboxylic acids is 8. The van der Waals surface area contributed by atoms with E-state index in [0.717, 1.165) is 0 Å². The van der Waals surface area contributed by atoms with Crippen LogP contribution in [0.5, 0.6) is 0 Å². The van der Waals surface area contributed by atoms with Crippen molar-refractivity contribution in [1.82, 2.24) is 26.2 Å². The van der Waals surface area contributed by atoms with Crippen LogP contribution in [0.2, 0.25) is 0 Å². The summed E-state index contributed by atoms with van der Waals surface area (Å²) >= 11 is 0.